The predicted octanol–water partition coefficient (Wildman–Crippen LogP) is 2.52. The molecular weight excluding hydrogens is 276 g/mol. The average Bonchev–Trinajstić information content (AvgIpc) is 2.85. The van der Waals surface area contributed by atoms with Crippen molar-refractivity contribution in [1.82, 2.24) is 14.9 Å². The van der Waals surface area contributed by atoms with Crippen LogP contribution in [0.5, 0.6) is 5.88 Å². The SMILES string of the molecule is COc1ccc(NC(=O)N(C)Cc2cnc(C)s2)cn1. The van der Waals surface area contributed by atoms with Gasteiger partial charge in [0, 0.05) is 24.2 Å². The van der Waals surface area contributed by atoms with E-state index in [1.807, 2.05) is 6.92 Å². The Labute approximate surface area is 121 Å². The number of thiazole rings is 1. The minimum absolute atomic E-state index is 0.192. The number of hydrogen-bond acceptors (Lipinski definition) is 5. The van der Waals surface area contributed by atoms with Crippen molar-refractivity contribution in [2.75, 3.05) is 19.5 Å². The summed E-state index contributed by atoms with van der Waals surface area (Å²) in [6.07, 6.45) is 3.35. The molecule has 0 aliphatic heterocycles. The highest BCUT2D eigenvalue weighted by molar-refractivity contribution is 7.11. The first-order valence-electron chi connectivity index (χ1n) is 6.02. The first-order valence-corrected chi connectivity index (χ1v) is 6.83. The van der Waals surface area contributed by atoms with Crippen molar-refractivity contribution in [3.63, 3.8) is 0 Å². The molecule has 0 fully saturated rings. The van der Waals surface area contributed by atoms with Crippen molar-refractivity contribution in [2.24, 2.45) is 0 Å². The van der Waals surface area contributed by atoms with E-state index in [2.05, 4.69) is 15.3 Å². The van der Waals surface area contributed by atoms with Crippen molar-refractivity contribution >= 4 is 23.1 Å². The van der Waals surface area contributed by atoms with Gasteiger partial charge in [-0.15, -0.1) is 11.3 Å². The van der Waals surface area contributed by atoms with Crippen LogP contribution in [-0.2, 0) is 6.54 Å². The monoisotopic (exact) mass is 292 g/mol. The lowest BCUT2D eigenvalue weighted by atomic mass is 10.4. The normalized spacial score (nSPS) is 10.2. The number of methoxy groups -OCH3 is 1. The molecule has 0 saturated heterocycles. The Morgan fingerprint density at radius 1 is 1.40 bits per heavy atom. The standard InChI is InChI=1S/C13H16N4O2S/c1-9-14-7-11(20-9)8-17(2)13(18)16-10-4-5-12(19-3)15-6-10/h4-7H,8H2,1-3H3,(H,16,18). The lowest BCUT2D eigenvalue weighted by Gasteiger charge is -2.16. The van der Waals surface area contributed by atoms with E-state index in [1.165, 1.54) is 0 Å². The molecule has 0 unspecified atom stereocenters. The van der Waals surface area contributed by atoms with Crippen LogP contribution in [0.4, 0.5) is 10.5 Å². The van der Waals surface area contributed by atoms with Crippen molar-refractivity contribution in [3.05, 3.63) is 34.4 Å². The molecule has 106 valence electrons. The highest BCUT2D eigenvalue weighted by Crippen LogP contribution is 2.15. The molecular formula is C13H16N4O2S. The summed E-state index contributed by atoms with van der Waals surface area (Å²) in [5.74, 6) is 0.511. The molecule has 7 heteroatoms. The maximum absolute atomic E-state index is 12.0. The van der Waals surface area contributed by atoms with E-state index >= 15 is 0 Å². The van der Waals surface area contributed by atoms with Crippen LogP contribution in [-0.4, -0.2) is 35.1 Å². The summed E-state index contributed by atoms with van der Waals surface area (Å²) in [5, 5.41) is 3.77. The van der Waals surface area contributed by atoms with Gasteiger partial charge >= 0.3 is 6.03 Å². The minimum Gasteiger partial charge on any atom is -0.481 e. The van der Waals surface area contributed by atoms with Crippen LogP contribution in [0.1, 0.15) is 9.88 Å². The Kier molecular flexibility index (Phi) is 4.52. The van der Waals surface area contributed by atoms with Gasteiger partial charge in [0.15, 0.2) is 0 Å². The van der Waals surface area contributed by atoms with Gasteiger partial charge in [0.05, 0.1) is 30.5 Å². The number of urea groups is 1. The second-order valence-corrected chi connectivity index (χ2v) is 5.54. The summed E-state index contributed by atoms with van der Waals surface area (Å²) in [4.78, 5) is 22.9. The molecule has 2 amide bonds. The zero-order chi connectivity index (χ0) is 14.5. The number of ether oxygens (including phenoxy) is 1. The number of nitrogens with one attached hydrogen (secondary N) is 1. The van der Waals surface area contributed by atoms with E-state index in [1.54, 1.807) is 54.9 Å². The highest BCUT2D eigenvalue weighted by Gasteiger charge is 2.11. The van der Waals surface area contributed by atoms with E-state index in [-0.39, 0.29) is 6.03 Å². The largest absolute Gasteiger partial charge is 0.481 e. The number of aryl methyl sites for hydroxylation is 1. The number of aromatic nitrogens is 2. The lowest BCUT2D eigenvalue weighted by molar-refractivity contribution is 0.221. The summed E-state index contributed by atoms with van der Waals surface area (Å²) in [5.41, 5.74) is 0.628. The Morgan fingerprint density at radius 3 is 2.75 bits per heavy atom. The second-order valence-electron chi connectivity index (χ2n) is 4.22. The molecule has 1 N–H and O–H groups in total. The topological polar surface area (TPSA) is 67.3 Å². The van der Waals surface area contributed by atoms with Crippen LogP contribution in [0.15, 0.2) is 24.5 Å². The molecule has 0 atom stereocenters. The first-order chi connectivity index (χ1) is 9.58. The van der Waals surface area contributed by atoms with E-state index in [0.29, 0.717) is 18.1 Å². The third kappa shape index (κ3) is 3.67. The fraction of sp³-hybridized carbons (Fsp3) is 0.308. The van der Waals surface area contributed by atoms with Gasteiger partial charge in [-0.2, -0.15) is 0 Å². The number of rotatable bonds is 4. The van der Waals surface area contributed by atoms with Crippen LogP contribution < -0.4 is 10.1 Å². The van der Waals surface area contributed by atoms with Crippen molar-refractivity contribution < 1.29 is 9.53 Å². The molecule has 0 aliphatic rings. The Morgan fingerprint density at radius 2 is 2.20 bits per heavy atom. The van der Waals surface area contributed by atoms with E-state index in [9.17, 15) is 4.79 Å². The number of carbonyl (C=O) groups excluding carboxylic acids is 1. The second kappa shape index (κ2) is 6.33. The molecule has 0 bridgehead atoms. The number of hydrogen-bond donors (Lipinski definition) is 1. The van der Waals surface area contributed by atoms with Crippen LogP contribution in [0.25, 0.3) is 0 Å². The zero-order valence-corrected chi connectivity index (χ0v) is 12.4. The van der Waals surface area contributed by atoms with Crippen molar-refractivity contribution in [1.29, 1.82) is 0 Å². The maximum Gasteiger partial charge on any atom is 0.321 e. The average molecular weight is 292 g/mol. The van der Waals surface area contributed by atoms with Gasteiger partial charge in [-0.25, -0.2) is 14.8 Å². The molecule has 2 aromatic rings. The van der Waals surface area contributed by atoms with Crippen molar-refractivity contribution in [3.8, 4) is 5.88 Å². The smallest absolute Gasteiger partial charge is 0.321 e. The maximum atomic E-state index is 12.0. The fourth-order valence-electron chi connectivity index (χ4n) is 1.58. The third-order valence-electron chi connectivity index (χ3n) is 2.61. The first kappa shape index (κ1) is 14.3. The van der Waals surface area contributed by atoms with Gasteiger partial charge in [0.2, 0.25) is 5.88 Å². The quantitative estimate of drug-likeness (QED) is 0.940. The molecule has 0 saturated carbocycles. The number of anilines is 1. The van der Waals surface area contributed by atoms with Crippen LogP contribution in [0.3, 0.4) is 0 Å². The summed E-state index contributed by atoms with van der Waals surface area (Å²) >= 11 is 1.58. The summed E-state index contributed by atoms with van der Waals surface area (Å²) < 4.78 is 4.96. The molecule has 0 aromatic carbocycles. The summed E-state index contributed by atoms with van der Waals surface area (Å²) in [6.45, 7) is 2.47. The van der Waals surface area contributed by atoms with Crippen LogP contribution in [0.2, 0.25) is 0 Å². The number of nitrogens with zero attached hydrogens (tertiary/aromatic N) is 3. The molecule has 2 aromatic heterocycles. The Hall–Kier alpha value is -2.15. The molecule has 2 rings (SSSR count). The zero-order valence-electron chi connectivity index (χ0n) is 11.6. The lowest BCUT2D eigenvalue weighted by Crippen LogP contribution is -2.30. The molecule has 0 radical (unpaired) electrons. The third-order valence-corrected chi connectivity index (χ3v) is 3.50. The van der Waals surface area contributed by atoms with E-state index < -0.39 is 0 Å². The van der Waals surface area contributed by atoms with E-state index in [4.69, 9.17) is 4.74 Å². The number of carbonyl (C=O) groups is 1. The molecule has 20 heavy (non-hydrogen) atoms. The molecule has 6 nitrogen and oxygen atoms in total. The summed E-state index contributed by atoms with van der Waals surface area (Å²) in [7, 11) is 3.28. The van der Waals surface area contributed by atoms with Crippen LogP contribution >= 0.6 is 11.3 Å². The van der Waals surface area contributed by atoms with Crippen molar-refractivity contribution in [2.45, 2.75) is 13.5 Å². The van der Waals surface area contributed by atoms with Gasteiger partial charge in [0.25, 0.3) is 0 Å². The minimum atomic E-state index is -0.192. The van der Waals surface area contributed by atoms with Gasteiger partial charge < -0.3 is 15.0 Å². The number of amides is 2. The predicted molar refractivity (Wildman–Crippen MR) is 78.1 cm³/mol. The van der Waals surface area contributed by atoms with Gasteiger partial charge in [-0.05, 0) is 13.0 Å². The Balaban J connectivity index is 1.93. The summed E-state index contributed by atoms with van der Waals surface area (Å²) in [6, 6.07) is 3.25. The van der Waals surface area contributed by atoms with E-state index in [0.717, 1.165) is 9.88 Å². The molecule has 0 aliphatic carbocycles. The fourth-order valence-corrected chi connectivity index (χ4v) is 2.43. The van der Waals surface area contributed by atoms with Crippen LogP contribution in [0, 0.1) is 6.92 Å². The highest BCUT2D eigenvalue weighted by atomic mass is 32.1. The Bertz CT molecular complexity index is 582. The molecule has 2 heterocycles. The van der Waals surface area contributed by atoms with Gasteiger partial charge in [0.1, 0.15) is 0 Å². The number of pyridine rings is 1. The van der Waals surface area contributed by atoms with Gasteiger partial charge in [-0.1, -0.05) is 0 Å². The molecule has 0 spiro atoms. The van der Waals surface area contributed by atoms with Gasteiger partial charge in [-0.3, -0.25) is 0 Å².